The van der Waals surface area contributed by atoms with E-state index in [1.807, 2.05) is 25.1 Å². The lowest BCUT2D eigenvalue weighted by molar-refractivity contribution is -0.219. The van der Waals surface area contributed by atoms with Gasteiger partial charge in [-0.05, 0) is 166 Å². The molecule has 10 atom stereocenters. The fraction of sp³-hybridized carbons (Fsp3) is 0.733. The van der Waals surface area contributed by atoms with E-state index in [2.05, 4.69) is 65.3 Å². The number of ether oxygens (including phenoxy) is 2. The standard InChI is InChI=1S/C45H66N2O3/c1-9-49-39(48)44(29-50-37-12-10-11-27-47-37)22-15-31(16-23-44)33-18-20-41(6)35(40(33,4)5)19-21-43(8)36(41)14-13-34-38-32(28-30(2)3)17-24-45(38,46)26-25-42(34,43)7/h10-12,15,18,27,32,34-36,38H,2,9,13-14,16-17,19-26,28-29,46H2,1,3-8H3/t32-,34+,35-,36+,38+,41-,42+,43+,44?,45-/m0/s1. The van der Waals surface area contributed by atoms with Gasteiger partial charge in [-0.25, -0.2) is 4.98 Å². The molecule has 1 aromatic heterocycles. The number of esters is 1. The Morgan fingerprint density at radius 2 is 1.74 bits per heavy atom. The van der Waals surface area contributed by atoms with Crippen molar-refractivity contribution in [2.45, 2.75) is 137 Å². The number of nitrogens with zero attached hydrogens (tertiary/aromatic N) is 1. The molecule has 0 radical (unpaired) electrons. The zero-order chi connectivity index (χ0) is 35.7. The van der Waals surface area contributed by atoms with Crippen LogP contribution >= 0.6 is 0 Å². The van der Waals surface area contributed by atoms with Crippen molar-refractivity contribution in [3.05, 3.63) is 59.8 Å². The number of fused-ring (bicyclic) bond motifs is 7. The van der Waals surface area contributed by atoms with E-state index in [9.17, 15) is 4.79 Å². The number of hydrogen-bond acceptors (Lipinski definition) is 5. The van der Waals surface area contributed by atoms with E-state index in [4.69, 9.17) is 15.2 Å². The molecule has 0 amide bonds. The largest absolute Gasteiger partial charge is 0.476 e. The van der Waals surface area contributed by atoms with Gasteiger partial charge in [-0.15, -0.1) is 6.58 Å². The van der Waals surface area contributed by atoms with Crippen molar-refractivity contribution in [1.29, 1.82) is 0 Å². The molecule has 6 aliphatic carbocycles. The highest BCUT2D eigenvalue weighted by molar-refractivity contribution is 5.78. The summed E-state index contributed by atoms with van der Waals surface area (Å²) in [5, 5.41) is 0. The van der Waals surface area contributed by atoms with Gasteiger partial charge in [-0.2, -0.15) is 0 Å². The van der Waals surface area contributed by atoms with E-state index in [1.54, 1.807) is 6.20 Å². The number of carbonyl (C=O) groups excluding carboxylic acids is 1. The highest BCUT2D eigenvalue weighted by Crippen LogP contribution is 2.76. The number of nitrogens with two attached hydrogens (primary N) is 1. The van der Waals surface area contributed by atoms with Crippen molar-refractivity contribution in [1.82, 2.24) is 4.98 Å². The van der Waals surface area contributed by atoms with Crippen LogP contribution < -0.4 is 10.5 Å². The molecule has 2 N–H and O–H groups in total. The third-order valence-electron chi connectivity index (χ3n) is 16.6. The number of rotatable bonds is 8. The molecule has 274 valence electrons. The first kappa shape index (κ1) is 36.0. The summed E-state index contributed by atoms with van der Waals surface area (Å²) in [4.78, 5) is 17.8. The SMILES string of the molecule is C=C(C)C[C@@H]1CC[C@]2(N)CC[C@]3(C)[C@H](CC[C@@H]4[C@@]5(C)CC=C(C6=CCC(COc7ccccn7)(C(=O)OCC)CC6)C(C)(C)[C@@H]5CC[C@]43C)[C@@H]12. The van der Waals surface area contributed by atoms with E-state index in [1.165, 1.54) is 68.1 Å². The Morgan fingerprint density at radius 3 is 2.42 bits per heavy atom. The van der Waals surface area contributed by atoms with Crippen molar-refractivity contribution in [3.8, 4) is 5.88 Å². The first-order valence-corrected chi connectivity index (χ1v) is 20.2. The lowest BCUT2D eigenvalue weighted by atomic mass is 9.33. The van der Waals surface area contributed by atoms with Gasteiger partial charge in [0.15, 0.2) is 0 Å². The van der Waals surface area contributed by atoms with Crippen LogP contribution in [0.15, 0.2) is 59.8 Å². The first-order valence-electron chi connectivity index (χ1n) is 20.2. The molecule has 7 rings (SSSR count). The van der Waals surface area contributed by atoms with E-state index in [0.717, 1.165) is 37.5 Å². The Bertz CT molecular complexity index is 1550. The molecule has 6 aliphatic rings. The predicted octanol–water partition coefficient (Wildman–Crippen LogP) is 10.4. The van der Waals surface area contributed by atoms with Crippen LogP contribution in [-0.4, -0.2) is 29.7 Å². The zero-order valence-electron chi connectivity index (χ0n) is 32.4. The Kier molecular flexibility index (Phi) is 9.09. The molecular weight excluding hydrogens is 617 g/mol. The summed E-state index contributed by atoms with van der Waals surface area (Å²) in [6.07, 6.45) is 21.6. The lowest BCUT2D eigenvalue weighted by Gasteiger charge is -2.72. The maximum absolute atomic E-state index is 13.4. The third-order valence-corrected chi connectivity index (χ3v) is 16.6. The molecule has 0 aliphatic heterocycles. The van der Waals surface area contributed by atoms with Crippen LogP contribution in [0.3, 0.4) is 0 Å². The highest BCUT2D eigenvalue weighted by atomic mass is 16.5. The fourth-order valence-electron chi connectivity index (χ4n) is 14.1. The Balaban J connectivity index is 1.14. The molecule has 4 saturated carbocycles. The van der Waals surface area contributed by atoms with Gasteiger partial charge in [0.1, 0.15) is 12.0 Å². The van der Waals surface area contributed by atoms with Crippen molar-refractivity contribution in [3.63, 3.8) is 0 Å². The van der Waals surface area contributed by atoms with Crippen LogP contribution in [0.25, 0.3) is 0 Å². The monoisotopic (exact) mass is 683 g/mol. The van der Waals surface area contributed by atoms with Crippen LogP contribution in [0.2, 0.25) is 0 Å². The topological polar surface area (TPSA) is 74.4 Å². The van der Waals surface area contributed by atoms with Crippen molar-refractivity contribution >= 4 is 5.97 Å². The first-order chi connectivity index (χ1) is 23.6. The quantitative estimate of drug-likeness (QED) is 0.218. The molecule has 0 aromatic carbocycles. The maximum Gasteiger partial charge on any atom is 0.315 e. The molecule has 50 heavy (non-hydrogen) atoms. The van der Waals surface area contributed by atoms with Gasteiger partial charge >= 0.3 is 5.97 Å². The highest BCUT2D eigenvalue weighted by Gasteiger charge is 2.70. The minimum Gasteiger partial charge on any atom is -0.476 e. The molecule has 4 fully saturated rings. The summed E-state index contributed by atoms with van der Waals surface area (Å²) < 4.78 is 11.8. The van der Waals surface area contributed by atoms with Crippen molar-refractivity contribution < 1.29 is 14.3 Å². The van der Waals surface area contributed by atoms with Gasteiger partial charge in [0.05, 0.1) is 6.61 Å². The summed E-state index contributed by atoms with van der Waals surface area (Å²) in [5.74, 6) is 3.85. The molecule has 1 heterocycles. The Morgan fingerprint density at radius 1 is 0.940 bits per heavy atom. The minimum atomic E-state index is -0.685. The maximum atomic E-state index is 13.4. The summed E-state index contributed by atoms with van der Waals surface area (Å²) in [6.45, 7) is 22.3. The second kappa shape index (κ2) is 12.6. The molecule has 0 bridgehead atoms. The Hall–Kier alpha value is -2.40. The van der Waals surface area contributed by atoms with Gasteiger partial charge in [-0.3, -0.25) is 4.79 Å². The summed E-state index contributed by atoms with van der Waals surface area (Å²) >= 11 is 0. The fourth-order valence-corrected chi connectivity index (χ4v) is 14.1. The van der Waals surface area contributed by atoms with E-state index in [-0.39, 0.29) is 28.9 Å². The van der Waals surface area contributed by atoms with Crippen LogP contribution in [0.1, 0.15) is 132 Å². The number of hydrogen-bond donors (Lipinski definition) is 1. The van der Waals surface area contributed by atoms with E-state index in [0.29, 0.717) is 47.5 Å². The van der Waals surface area contributed by atoms with Gasteiger partial charge in [0.2, 0.25) is 5.88 Å². The second-order valence-corrected chi connectivity index (χ2v) is 19.3. The number of pyridine rings is 1. The van der Waals surface area contributed by atoms with Crippen LogP contribution in [0, 0.1) is 56.7 Å². The van der Waals surface area contributed by atoms with Crippen LogP contribution in [0.5, 0.6) is 5.88 Å². The summed E-state index contributed by atoms with van der Waals surface area (Å²) in [7, 11) is 0. The van der Waals surface area contributed by atoms with Crippen molar-refractivity contribution in [2.24, 2.45) is 62.4 Å². The van der Waals surface area contributed by atoms with Gasteiger partial charge in [0.25, 0.3) is 0 Å². The number of allylic oxidation sites excluding steroid dienone is 5. The average Bonchev–Trinajstić information content (AvgIpc) is 3.40. The predicted molar refractivity (Wildman–Crippen MR) is 202 cm³/mol. The summed E-state index contributed by atoms with van der Waals surface area (Å²) in [6, 6.07) is 5.65. The lowest BCUT2D eigenvalue weighted by Crippen LogP contribution is -2.67. The molecule has 0 spiro atoms. The zero-order valence-corrected chi connectivity index (χ0v) is 32.4. The van der Waals surface area contributed by atoms with Crippen LogP contribution in [-0.2, 0) is 9.53 Å². The molecule has 0 saturated heterocycles. The third kappa shape index (κ3) is 5.40. The Labute approximate surface area is 303 Å². The van der Waals surface area contributed by atoms with Crippen LogP contribution in [0.4, 0.5) is 0 Å². The molecule has 5 nitrogen and oxygen atoms in total. The number of aromatic nitrogens is 1. The van der Waals surface area contributed by atoms with E-state index < -0.39 is 5.41 Å². The smallest absolute Gasteiger partial charge is 0.315 e. The normalized spacial score (nSPS) is 43.2. The molecular formula is C45H66N2O3. The molecule has 1 unspecified atom stereocenters. The van der Waals surface area contributed by atoms with Gasteiger partial charge < -0.3 is 15.2 Å². The second-order valence-electron chi connectivity index (χ2n) is 19.3. The van der Waals surface area contributed by atoms with Gasteiger partial charge in [-0.1, -0.05) is 58.4 Å². The molecule has 1 aromatic rings. The van der Waals surface area contributed by atoms with E-state index >= 15 is 0 Å². The molecule has 5 heteroatoms. The number of carbonyl (C=O) groups is 1. The average molecular weight is 683 g/mol. The minimum absolute atomic E-state index is 0.0300. The summed E-state index contributed by atoms with van der Waals surface area (Å²) in [5.41, 5.74) is 12.0. The van der Waals surface area contributed by atoms with Gasteiger partial charge in [0, 0.05) is 17.8 Å². The van der Waals surface area contributed by atoms with Crippen molar-refractivity contribution in [2.75, 3.05) is 13.2 Å².